The van der Waals surface area contributed by atoms with Gasteiger partial charge in [0.1, 0.15) is 0 Å². The summed E-state index contributed by atoms with van der Waals surface area (Å²) in [5.74, 6) is 0.00768. The molecule has 0 radical (unpaired) electrons. The number of hydrogen-bond donors (Lipinski definition) is 3. The zero-order valence-corrected chi connectivity index (χ0v) is 16.9. The highest BCUT2D eigenvalue weighted by Crippen LogP contribution is 2.36. The second kappa shape index (κ2) is 7.94. The van der Waals surface area contributed by atoms with Crippen LogP contribution in [0.4, 0.5) is 5.95 Å². The Morgan fingerprint density at radius 1 is 1.32 bits per heavy atom. The van der Waals surface area contributed by atoms with Crippen LogP contribution in [-0.4, -0.2) is 81.2 Å². The van der Waals surface area contributed by atoms with E-state index in [1.807, 2.05) is 27.7 Å². The topological polar surface area (TPSA) is 117 Å². The maximum Gasteiger partial charge on any atom is 0.498 e. The van der Waals surface area contributed by atoms with Crippen LogP contribution in [0.25, 0.3) is 0 Å². The van der Waals surface area contributed by atoms with Crippen LogP contribution in [0.3, 0.4) is 0 Å². The molecule has 3 heterocycles. The Labute approximate surface area is 165 Å². The van der Waals surface area contributed by atoms with E-state index in [1.165, 1.54) is 0 Å². The maximum atomic E-state index is 12.1. The molecule has 2 fully saturated rings. The second-order valence-corrected chi connectivity index (χ2v) is 8.39. The third-order valence-corrected chi connectivity index (χ3v) is 5.72. The molecule has 2 saturated heterocycles. The Morgan fingerprint density at radius 2 is 1.93 bits per heavy atom. The van der Waals surface area contributed by atoms with E-state index in [0.29, 0.717) is 19.0 Å². The molecule has 2 unspecified atom stereocenters. The van der Waals surface area contributed by atoms with Gasteiger partial charge in [0.05, 0.1) is 17.8 Å². The molecule has 0 bridgehead atoms. The van der Waals surface area contributed by atoms with E-state index < -0.39 is 36.9 Å². The first-order valence-corrected chi connectivity index (χ1v) is 9.65. The number of hydrogen-bond acceptors (Lipinski definition) is 8. The van der Waals surface area contributed by atoms with Gasteiger partial charge in [0.2, 0.25) is 5.95 Å². The first-order valence-electron chi connectivity index (χ1n) is 9.65. The summed E-state index contributed by atoms with van der Waals surface area (Å²) in [6, 6.07) is -0.0220. The maximum absolute atomic E-state index is 12.1. The van der Waals surface area contributed by atoms with Gasteiger partial charge in [-0.2, -0.15) is 0 Å². The minimum atomic E-state index is -1.37. The molecule has 154 valence electrons. The molecule has 1 aromatic heterocycles. The van der Waals surface area contributed by atoms with Crippen molar-refractivity contribution in [3.8, 4) is 0 Å². The van der Waals surface area contributed by atoms with Crippen molar-refractivity contribution in [3.63, 3.8) is 0 Å². The fourth-order valence-electron chi connectivity index (χ4n) is 3.28. The van der Waals surface area contributed by atoms with E-state index in [0.717, 1.165) is 18.3 Å². The second-order valence-electron chi connectivity index (χ2n) is 8.39. The molecule has 2 aliphatic heterocycles. The normalized spacial score (nSPS) is 24.9. The Bertz CT molecular complexity index is 684. The lowest BCUT2D eigenvalue weighted by Crippen LogP contribution is -2.49. The molecule has 3 rings (SSSR count). The summed E-state index contributed by atoms with van der Waals surface area (Å²) in [5, 5.41) is 21.7. The molecule has 9 nitrogen and oxygen atoms in total. The number of amides is 1. The van der Waals surface area contributed by atoms with Gasteiger partial charge >= 0.3 is 7.12 Å². The van der Waals surface area contributed by atoms with Crippen LogP contribution in [0, 0.1) is 0 Å². The minimum absolute atomic E-state index is 0.0220. The predicted molar refractivity (Wildman–Crippen MR) is 104 cm³/mol. The van der Waals surface area contributed by atoms with Crippen LogP contribution in [0.5, 0.6) is 0 Å². The van der Waals surface area contributed by atoms with Crippen molar-refractivity contribution in [2.24, 2.45) is 0 Å². The van der Waals surface area contributed by atoms with Crippen LogP contribution >= 0.6 is 0 Å². The molecule has 10 heteroatoms. The van der Waals surface area contributed by atoms with E-state index >= 15 is 0 Å². The third-order valence-electron chi connectivity index (χ3n) is 5.72. The SMILES string of the molecule is CC1(C)OB(c2cnc(NC3CCCN(C(=O)C(O)CO)C3)nc2)OC1(C)C. The Morgan fingerprint density at radius 3 is 2.50 bits per heavy atom. The minimum Gasteiger partial charge on any atom is -0.399 e. The lowest BCUT2D eigenvalue weighted by Gasteiger charge is -2.34. The van der Waals surface area contributed by atoms with Gasteiger partial charge in [-0.3, -0.25) is 4.79 Å². The number of rotatable bonds is 5. The molecule has 1 aromatic rings. The van der Waals surface area contributed by atoms with Crippen LogP contribution in [-0.2, 0) is 14.1 Å². The molecular weight excluding hydrogens is 363 g/mol. The molecule has 1 amide bonds. The lowest BCUT2D eigenvalue weighted by molar-refractivity contribution is -0.143. The van der Waals surface area contributed by atoms with E-state index in [4.69, 9.17) is 14.4 Å². The molecule has 2 atom stereocenters. The van der Waals surface area contributed by atoms with Gasteiger partial charge in [-0.15, -0.1) is 0 Å². The van der Waals surface area contributed by atoms with Gasteiger partial charge < -0.3 is 29.7 Å². The fourth-order valence-corrected chi connectivity index (χ4v) is 3.28. The molecule has 0 aromatic carbocycles. The number of likely N-dealkylation sites (tertiary alicyclic amines) is 1. The predicted octanol–water partition coefficient (Wildman–Crippen LogP) is -0.468. The number of aliphatic hydroxyl groups is 2. The summed E-state index contributed by atoms with van der Waals surface area (Å²) in [6.07, 6.45) is 3.65. The molecule has 28 heavy (non-hydrogen) atoms. The monoisotopic (exact) mass is 392 g/mol. The number of piperidine rings is 1. The van der Waals surface area contributed by atoms with Crippen LogP contribution in [0.1, 0.15) is 40.5 Å². The number of carbonyl (C=O) groups is 1. The Hall–Kier alpha value is -1.75. The highest BCUT2D eigenvalue weighted by Gasteiger charge is 2.52. The third kappa shape index (κ3) is 4.30. The first-order chi connectivity index (χ1) is 13.1. The first kappa shape index (κ1) is 21.0. The molecule has 0 spiro atoms. The van der Waals surface area contributed by atoms with E-state index in [2.05, 4.69) is 15.3 Å². The number of nitrogens with zero attached hydrogens (tertiary/aromatic N) is 3. The van der Waals surface area contributed by atoms with Crippen molar-refractivity contribution in [1.29, 1.82) is 0 Å². The number of carbonyl (C=O) groups excluding carboxylic acids is 1. The standard InChI is InChI=1S/C18H29BN4O5/c1-17(2)18(3,4)28-19(27-17)12-8-20-16(21-9-12)22-13-6-5-7-23(10-13)15(26)14(25)11-24/h8-9,13-14,24-25H,5-7,10-11H2,1-4H3,(H,20,21,22). The fraction of sp³-hybridized carbons (Fsp3) is 0.722. The van der Waals surface area contributed by atoms with Crippen molar-refractivity contribution in [1.82, 2.24) is 14.9 Å². The van der Waals surface area contributed by atoms with Gasteiger partial charge in [-0.1, -0.05) is 0 Å². The lowest BCUT2D eigenvalue weighted by atomic mass is 9.81. The average Bonchev–Trinajstić information content (AvgIpc) is 2.88. The van der Waals surface area contributed by atoms with Crippen LogP contribution in [0.2, 0.25) is 0 Å². The Balaban J connectivity index is 1.60. The molecule has 0 saturated carbocycles. The molecule has 2 aliphatic rings. The number of nitrogens with one attached hydrogen (secondary N) is 1. The zero-order valence-electron chi connectivity index (χ0n) is 16.9. The highest BCUT2D eigenvalue weighted by molar-refractivity contribution is 6.61. The summed E-state index contributed by atoms with van der Waals surface area (Å²) < 4.78 is 12.0. The van der Waals surface area contributed by atoms with Crippen molar-refractivity contribution < 1.29 is 24.3 Å². The summed E-state index contributed by atoms with van der Waals surface area (Å²) in [4.78, 5) is 22.3. The van der Waals surface area contributed by atoms with Crippen molar-refractivity contribution in [3.05, 3.63) is 12.4 Å². The largest absolute Gasteiger partial charge is 0.498 e. The van der Waals surface area contributed by atoms with Crippen LogP contribution < -0.4 is 10.8 Å². The van der Waals surface area contributed by atoms with Gasteiger partial charge in [-0.05, 0) is 40.5 Å². The Kier molecular flexibility index (Phi) is 5.95. The van der Waals surface area contributed by atoms with Gasteiger partial charge in [0, 0.05) is 37.0 Å². The number of aromatic nitrogens is 2. The highest BCUT2D eigenvalue weighted by atomic mass is 16.7. The molecular formula is C18H29BN4O5. The van der Waals surface area contributed by atoms with Gasteiger partial charge in [-0.25, -0.2) is 9.97 Å². The molecule has 0 aliphatic carbocycles. The van der Waals surface area contributed by atoms with Gasteiger partial charge in [0.25, 0.3) is 5.91 Å². The molecule has 3 N–H and O–H groups in total. The summed E-state index contributed by atoms with van der Waals surface area (Å²) in [6.45, 7) is 8.40. The average molecular weight is 392 g/mol. The summed E-state index contributed by atoms with van der Waals surface area (Å²) in [7, 11) is -0.512. The number of anilines is 1. The summed E-state index contributed by atoms with van der Waals surface area (Å²) in [5.41, 5.74) is -0.104. The number of aliphatic hydroxyl groups excluding tert-OH is 2. The van der Waals surface area contributed by atoms with Gasteiger partial charge in [0.15, 0.2) is 6.10 Å². The van der Waals surface area contributed by atoms with E-state index in [9.17, 15) is 9.90 Å². The van der Waals surface area contributed by atoms with Crippen molar-refractivity contribution >= 4 is 24.4 Å². The van der Waals surface area contributed by atoms with E-state index in [1.54, 1.807) is 17.3 Å². The van der Waals surface area contributed by atoms with E-state index in [-0.39, 0.29) is 6.04 Å². The quantitative estimate of drug-likeness (QED) is 0.576. The van der Waals surface area contributed by atoms with Crippen molar-refractivity contribution in [2.75, 3.05) is 25.0 Å². The van der Waals surface area contributed by atoms with Crippen molar-refractivity contribution in [2.45, 2.75) is 63.9 Å². The van der Waals surface area contributed by atoms with Crippen LogP contribution in [0.15, 0.2) is 12.4 Å². The summed E-state index contributed by atoms with van der Waals surface area (Å²) >= 11 is 0. The zero-order chi connectivity index (χ0) is 20.5. The smallest absolute Gasteiger partial charge is 0.399 e.